The highest BCUT2D eigenvalue weighted by atomic mass is 35.5. The molecule has 0 aliphatic heterocycles. The largest absolute Gasteiger partial charge is 0.493 e. The predicted octanol–water partition coefficient (Wildman–Crippen LogP) is 4.66. The Bertz CT molecular complexity index is 1280. The van der Waals surface area contributed by atoms with E-state index in [1.807, 2.05) is 0 Å². The molecular formula is C23H17Cl2N3O7. The van der Waals surface area contributed by atoms with E-state index in [9.17, 15) is 19.7 Å². The summed E-state index contributed by atoms with van der Waals surface area (Å²) in [5.41, 5.74) is 2.97. The van der Waals surface area contributed by atoms with Gasteiger partial charge in [-0.05, 0) is 54.1 Å². The zero-order chi connectivity index (χ0) is 25.4. The summed E-state index contributed by atoms with van der Waals surface area (Å²) >= 11 is 11.8. The molecule has 1 amide bonds. The number of nitrogens with zero attached hydrogens (tertiary/aromatic N) is 2. The third-order valence-electron chi connectivity index (χ3n) is 4.37. The number of methoxy groups -OCH3 is 1. The Labute approximate surface area is 209 Å². The fourth-order valence-corrected chi connectivity index (χ4v) is 2.95. The van der Waals surface area contributed by atoms with Crippen LogP contribution in [0, 0.1) is 10.1 Å². The van der Waals surface area contributed by atoms with Gasteiger partial charge in [-0.1, -0.05) is 23.2 Å². The van der Waals surface area contributed by atoms with Crippen molar-refractivity contribution in [2.24, 2.45) is 5.10 Å². The number of ether oxygens (including phenoxy) is 3. The molecule has 0 bridgehead atoms. The Morgan fingerprint density at radius 1 is 1.03 bits per heavy atom. The van der Waals surface area contributed by atoms with Crippen LogP contribution in [0.15, 0.2) is 65.8 Å². The first-order valence-electron chi connectivity index (χ1n) is 9.81. The van der Waals surface area contributed by atoms with Crippen molar-refractivity contribution >= 4 is 47.0 Å². The Morgan fingerprint density at radius 2 is 1.77 bits per heavy atom. The van der Waals surface area contributed by atoms with E-state index in [0.717, 1.165) is 0 Å². The quantitative estimate of drug-likeness (QED) is 0.143. The molecule has 0 atom stereocenters. The molecule has 0 radical (unpaired) electrons. The summed E-state index contributed by atoms with van der Waals surface area (Å²) in [5, 5.41) is 15.0. The smallest absolute Gasteiger partial charge is 0.343 e. The van der Waals surface area contributed by atoms with Crippen molar-refractivity contribution in [3.63, 3.8) is 0 Å². The van der Waals surface area contributed by atoms with Crippen molar-refractivity contribution in [3.05, 3.63) is 92.0 Å². The van der Waals surface area contributed by atoms with Crippen LogP contribution < -0.4 is 19.6 Å². The molecule has 35 heavy (non-hydrogen) atoms. The number of nitro groups is 1. The maximum atomic E-state index is 12.4. The normalized spacial score (nSPS) is 10.6. The maximum absolute atomic E-state index is 12.4. The summed E-state index contributed by atoms with van der Waals surface area (Å²) in [6.45, 7) is -0.345. The van der Waals surface area contributed by atoms with E-state index in [0.29, 0.717) is 16.3 Å². The van der Waals surface area contributed by atoms with Crippen LogP contribution in [0.4, 0.5) is 5.69 Å². The number of esters is 1. The number of nitrogens with one attached hydrogen (secondary N) is 1. The number of hydrogen-bond donors (Lipinski definition) is 1. The number of non-ortho nitro benzene ring substituents is 1. The van der Waals surface area contributed by atoms with Crippen molar-refractivity contribution in [3.8, 4) is 17.2 Å². The molecule has 0 aliphatic rings. The van der Waals surface area contributed by atoms with Crippen LogP contribution in [0.2, 0.25) is 10.0 Å². The van der Waals surface area contributed by atoms with Crippen molar-refractivity contribution in [1.82, 2.24) is 5.43 Å². The molecule has 0 unspecified atom stereocenters. The molecule has 3 aromatic rings. The van der Waals surface area contributed by atoms with Gasteiger partial charge in [0.2, 0.25) is 0 Å². The van der Waals surface area contributed by atoms with Gasteiger partial charge in [-0.15, -0.1) is 0 Å². The zero-order valence-corrected chi connectivity index (χ0v) is 19.6. The lowest BCUT2D eigenvalue weighted by Gasteiger charge is -2.10. The molecule has 10 nitrogen and oxygen atoms in total. The lowest BCUT2D eigenvalue weighted by Crippen LogP contribution is -2.24. The third kappa shape index (κ3) is 7.16. The fraction of sp³-hybridized carbons (Fsp3) is 0.0870. The van der Waals surface area contributed by atoms with Crippen LogP contribution in [0.3, 0.4) is 0 Å². The van der Waals surface area contributed by atoms with E-state index in [4.69, 9.17) is 37.4 Å². The van der Waals surface area contributed by atoms with E-state index in [-0.39, 0.29) is 34.4 Å². The molecule has 3 aromatic carbocycles. The van der Waals surface area contributed by atoms with Gasteiger partial charge in [-0.25, -0.2) is 10.2 Å². The topological polar surface area (TPSA) is 129 Å². The highest BCUT2D eigenvalue weighted by Gasteiger charge is 2.14. The number of hydrazone groups is 1. The Morgan fingerprint density at radius 3 is 2.43 bits per heavy atom. The predicted molar refractivity (Wildman–Crippen MR) is 129 cm³/mol. The third-order valence-corrected chi connectivity index (χ3v) is 5.11. The molecule has 0 fully saturated rings. The van der Waals surface area contributed by atoms with Gasteiger partial charge in [0.1, 0.15) is 5.75 Å². The van der Waals surface area contributed by atoms with Crippen LogP contribution in [0.25, 0.3) is 0 Å². The molecule has 0 saturated carbocycles. The van der Waals surface area contributed by atoms with E-state index in [2.05, 4.69) is 10.5 Å². The van der Waals surface area contributed by atoms with Gasteiger partial charge in [0.25, 0.3) is 11.6 Å². The van der Waals surface area contributed by atoms with E-state index in [1.165, 1.54) is 61.9 Å². The van der Waals surface area contributed by atoms with Crippen molar-refractivity contribution in [2.75, 3.05) is 13.7 Å². The average molecular weight is 518 g/mol. The summed E-state index contributed by atoms with van der Waals surface area (Å²) in [4.78, 5) is 34.4. The summed E-state index contributed by atoms with van der Waals surface area (Å²) in [6, 6.07) is 14.3. The number of carbonyl (C=O) groups excluding carboxylic acids is 2. The minimum absolute atomic E-state index is 0.0861. The van der Waals surface area contributed by atoms with Gasteiger partial charge in [-0.3, -0.25) is 14.9 Å². The van der Waals surface area contributed by atoms with Gasteiger partial charge in [-0.2, -0.15) is 5.10 Å². The van der Waals surface area contributed by atoms with E-state index < -0.39 is 16.8 Å². The molecule has 0 aliphatic carbocycles. The Balaban J connectivity index is 1.55. The Hall–Kier alpha value is -4.15. The lowest BCUT2D eigenvalue weighted by molar-refractivity contribution is -0.384. The van der Waals surface area contributed by atoms with Gasteiger partial charge in [0.15, 0.2) is 18.1 Å². The minimum Gasteiger partial charge on any atom is -0.493 e. The lowest BCUT2D eigenvalue weighted by atomic mass is 10.2. The van der Waals surface area contributed by atoms with E-state index in [1.54, 1.807) is 12.1 Å². The molecule has 0 aromatic heterocycles. The monoisotopic (exact) mass is 517 g/mol. The molecule has 1 N–H and O–H groups in total. The summed E-state index contributed by atoms with van der Waals surface area (Å²) < 4.78 is 15.9. The van der Waals surface area contributed by atoms with Crippen molar-refractivity contribution in [2.45, 2.75) is 0 Å². The molecule has 3 rings (SSSR count). The van der Waals surface area contributed by atoms with Gasteiger partial charge >= 0.3 is 5.97 Å². The first-order valence-corrected chi connectivity index (χ1v) is 10.6. The van der Waals surface area contributed by atoms with Crippen molar-refractivity contribution in [1.29, 1.82) is 0 Å². The number of rotatable bonds is 9. The van der Waals surface area contributed by atoms with Gasteiger partial charge in [0.05, 0.1) is 33.9 Å². The highest BCUT2D eigenvalue weighted by molar-refractivity contribution is 6.42. The SMILES string of the molecule is COc1cc(/C=N\NC(=O)COc2ccc([N+](=O)[O-])cc2)ccc1OC(=O)c1ccc(Cl)c(Cl)c1. The first kappa shape index (κ1) is 25.5. The molecule has 180 valence electrons. The number of amides is 1. The molecule has 0 heterocycles. The Kier molecular flexibility index (Phi) is 8.60. The number of hydrogen-bond acceptors (Lipinski definition) is 8. The summed E-state index contributed by atoms with van der Waals surface area (Å²) in [6.07, 6.45) is 1.36. The van der Waals surface area contributed by atoms with Gasteiger partial charge in [0, 0.05) is 12.1 Å². The molecule has 0 saturated heterocycles. The second-order valence-corrected chi connectivity index (χ2v) is 7.58. The second kappa shape index (κ2) is 11.8. The average Bonchev–Trinajstić information content (AvgIpc) is 2.85. The number of benzene rings is 3. The molecule has 0 spiro atoms. The standard InChI is InChI=1S/C23H17Cl2N3O7/c1-33-21-10-14(2-9-20(21)35-23(30)15-3-8-18(24)19(25)11-15)12-26-27-22(29)13-34-17-6-4-16(5-7-17)28(31)32/h2-12H,13H2,1H3,(H,27,29)/b26-12-. The zero-order valence-electron chi connectivity index (χ0n) is 18.1. The van der Waals surface area contributed by atoms with Crippen molar-refractivity contribution < 1.29 is 28.7 Å². The molecule has 12 heteroatoms. The summed E-state index contributed by atoms with van der Waals surface area (Å²) in [7, 11) is 1.41. The van der Waals surface area contributed by atoms with Crippen LogP contribution in [-0.2, 0) is 4.79 Å². The first-order chi connectivity index (χ1) is 16.8. The van der Waals surface area contributed by atoms with Crippen LogP contribution in [0.5, 0.6) is 17.2 Å². The summed E-state index contributed by atoms with van der Waals surface area (Å²) in [5.74, 6) is -0.468. The number of carbonyl (C=O) groups is 2. The second-order valence-electron chi connectivity index (χ2n) is 6.76. The van der Waals surface area contributed by atoms with E-state index >= 15 is 0 Å². The number of halogens is 2. The number of nitro benzene ring substituents is 1. The van der Waals surface area contributed by atoms with Crippen LogP contribution in [-0.4, -0.2) is 36.7 Å². The van der Waals surface area contributed by atoms with Gasteiger partial charge < -0.3 is 14.2 Å². The molecular weight excluding hydrogens is 501 g/mol. The minimum atomic E-state index is -0.649. The van der Waals surface area contributed by atoms with Crippen LogP contribution >= 0.6 is 23.2 Å². The maximum Gasteiger partial charge on any atom is 0.343 e. The van der Waals surface area contributed by atoms with Crippen LogP contribution in [0.1, 0.15) is 15.9 Å². The highest BCUT2D eigenvalue weighted by Crippen LogP contribution is 2.29. The fourth-order valence-electron chi connectivity index (χ4n) is 2.65.